The largest absolute Gasteiger partial charge is 0.396 e. The minimum Gasteiger partial charge on any atom is -0.396 e. The molecule has 0 unspecified atom stereocenters. The van der Waals surface area contributed by atoms with E-state index in [1.807, 2.05) is 4.98 Å². The highest BCUT2D eigenvalue weighted by Crippen LogP contribution is 2.36. The topological polar surface area (TPSA) is 95.3 Å². The molecule has 6 nitrogen and oxygen atoms in total. The van der Waals surface area contributed by atoms with Gasteiger partial charge in [-0.1, -0.05) is 0 Å². The summed E-state index contributed by atoms with van der Waals surface area (Å²) < 4.78 is 14.8. The van der Waals surface area contributed by atoms with Gasteiger partial charge in [0.25, 0.3) is 5.56 Å². The van der Waals surface area contributed by atoms with Crippen LogP contribution in [0.25, 0.3) is 0 Å². The number of aliphatic hydroxyl groups is 2. The van der Waals surface area contributed by atoms with Crippen molar-refractivity contribution in [2.75, 3.05) is 6.61 Å². The molecule has 1 aliphatic rings. The van der Waals surface area contributed by atoms with Crippen LogP contribution in [0.2, 0.25) is 0 Å². The Balaban J connectivity index is 2.35. The van der Waals surface area contributed by atoms with E-state index in [0.29, 0.717) is 0 Å². The molecule has 7 heteroatoms. The smallest absolute Gasteiger partial charge is 0.328 e. The average molecular weight is 244 g/mol. The first kappa shape index (κ1) is 12.0. The summed E-state index contributed by atoms with van der Waals surface area (Å²) in [6.45, 7) is -0.337. The molecule has 0 radical (unpaired) electrons. The zero-order chi connectivity index (χ0) is 12.6. The zero-order valence-corrected chi connectivity index (χ0v) is 8.91. The Labute approximate surface area is 95.3 Å². The Morgan fingerprint density at radius 3 is 2.76 bits per heavy atom. The number of nitrogens with one attached hydrogen (secondary N) is 1. The van der Waals surface area contributed by atoms with Crippen LogP contribution >= 0.6 is 0 Å². The predicted octanol–water partition coefficient (Wildman–Crippen LogP) is -1.21. The Hall–Kier alpha value is -1.47. The Kier molecular flexibility index (Phi) is 3.12. The van der Waals surface area contributed by atoms with Gasteiger partial charge in [-0.05, 0) is 6.42 Å². The average Bonchev–Trinajstić information content (AvgIpc) is 2.57. The number of aliphatic hydroxyl groups excluding tert-OH is 2. The maximum Gasteiger partial charge on any atom is 0.328 e. The lowest BCUT2D eigenvalue weighted by molar-refractivity contribution is 0.0395. The lowest BCUT2D eigenvalue weighted by Gasteiger charge is -2.16. The third-order valence-corrected chi connectivity index (χ3v) is 3.16. The van der Waals surface area contributed by atoms with E-state index < -0.39 is 35.5 Å². The molecule has 1 aromatic heterocycles. The molecule has 1 fully saturated rings. The van der Waals surface area contributed by atoms with E-state index in [1.54, 1.807) is 0 Å². The van der Waals surface area contributed by atoms with Gasteiger partial charge in [-0.25, -0.2) is 9.18 Å². The highest BCUT2D eigenvalue weighted by molar-refractivity contribution is 4.97. The summed E-state index contributed by atoms with van der Waals surface area (Å²) in [5, 5.41) is 18.5. The number of H-pyrrole nitrogens is 1. The molecule has 0 spiro atoms. The summed E-state index contributed by atoms with van der Waals surface area (Å²) in [5.74, 6) is -0.589. The SMILES string of the molecule is O=c1ccn([C@@H]2C[C@H](CO)[C@H](O)[C@@H]2F)c(=O)[nH]1. The number of hydrogen-bond donors (Lipinski definition) is 3. The lowest BCUT2D eigenvalue weighted by Crippen LogP contribution is -2.35. The van der Waals surface area contributed by atoms with E-state index in [1.165, 1.54) is 6.20 Å². The van der Waals surface area contributed by atoms with Gasteiger partial charge in [0.2, 0.25) is 0 Å². The molecule has 0 aliphatic heterocycles. The van der Waals surface area contributed by atoms with Crippen LogP contribution in [-0.2, 0) is 0 Å². The van der Waals surface area contributed by atoms with E-state index in [0.717, 1.165) is 10.6 Å². The summed E-state index contributed by atoms with van der Waals surface area (Å²) in [4.78, 5) is 24.4. The van der Waals surface area contributed by atoms with Crippen molar-refractivity contribution in [1.82, 2.24) is 9.55 Å². The molecule has 2 rings (SSSR count). The van der Waals surface area contributed by atoms with Gasteiger partial charge in [-0.3, -0.25) is 14.3 Å². The first-order chi connectivity index (χ1) is 8.04. The van der Waals surface area contributed by atoms with Crippen molar-refractivity contribution < 1.29 is 14.6 Å². The summed E-state index contributed by atoms with van der Waals surface area (Å²) >= 11 is 0. The van der Waals surface area contributed by atoms with Crippen molar-refractivity contribution in [2.45, 2.75) is 24.7 Å². The molecule has 3 N–H and O–H groups in total. The third kappa shape index (κ3) is 2.03. The van der Waals surface area contributed by atoms with Crippen molar-refractivity contribution in [3.63, 3.8) is 0 Å². The van der Waals surface area contributed by atoms with Crippen LogP contribution in [0.15, 0.2) is 21.9 Å². The van der Waals surface area contributed by atoms with Crippen molar-refractivity contribution in [2.24, 2.45) is 5.92 Å². The zero-order valence-electron chi connectivity index (χ0n) is 8.91. The second-order valence-corrected chi connectivity index (χ2v) is 4.20. The maximum atomic E-state index is 13.8. The number of aromatic amines is 1. The fraction of sp³-hybridized carbons (Fsp3) is 0.600. The molecular formula is C10H13FN2O4. The van der Waals surface area contributed by atoms with Gasteiger partial charge in [0, 0.05) is 24.8 Å². The molecule has 4 atom stereocenters. The van der Waals surface area contributed by atoms with E-state index in [4.69, 9.17) is 5.11 Å². The fourth-order valence-corrected chi connectivity index (χ4v) is 2.21. The van der Waals surface area contributed by atoms with E-state index in [-0.39, 0.29) is 13.0 Å². The minimum atomic E-state index is -1.63. The fourth-order valence-electron chi connectivity index (χ4n) is 2.21. The molecule has 1 aromatic rings. The predicted molar refractivity (Wildman–Crippen MR) is 56.5 cm³/mol. The van der Waals surface area contributed by atoms with Crippen LogP contribution < -0.4 is 11.2 Å². The second kappa shape index (κ2) is 4.42. The highest BCUT2D eigenvalue weighted by Gasteiger charge is 2.43. The first-order valence-electron chi connectivity index (χ1n) is 5.29. The summed E-state index contributed by atoms with van der Waals surface area (Å²) in [5.41, 5.74) is -1.27. The Morgan fingerprint density at radius 1 is 1.53 bits per heavy atom. The number of nitrogens with zero attached hydrogens (tertiary/aromatic N) is 1. The van der Waals surface area contributed by atoms with Crippen molar-refractivity contribution >= 4 is 0 Å². The van der Waals surface area contributed by atoms with Crippen LogP contribution in [0.4, 0.5) is 4.39 Å². The van der Waals surface area contributed by atoms with Crippen molar-refractivity contribution in [3.05, 3.63) is 33.1 Å². The number of alkyl halides is 1. The van der Waals surface area contributed by atoms with Gasteiger partial charge in [-0.15, -0.1) is 0 Å². The van der Waals surface area contributed by atoms with Gasteiger partial charge < -0.3 is 10.2 Å². The second-order valence-electron chi connectivity index (χ2n) is 4.20. The first-order valence-corrected chi connectivity index (χ1v) is 5.29. The number of hydrogen-bond acceptors (Lipinski definition) is 4. The van der Waals surface area contributed by atoms with Crippen molar-refractivity contribution in [1.29, 1.82) is 0 Å². The molecule has 1 heterocycles. The van der Waals surface area contributed by atoms with Crippen LogP contribution in [0.3, 0.4) is 0 Å². The van der Waals surface area contributed by atoms with E-state index in [9.17, 15) is 19.1 Å². The molecule has 0 bridgehead atoms. The van der Waals surface area contributed by atoms with Crippen LogP contribution in [0.5, 0.6) is 0 Å². The van der Waals surface area contributed by atoms with Gasteiger partial charge in [-0.2, -0.15) is 0 Å². The Bertz CT molecular complexity index is 512. The van der Waals surface area contributed by atoms with Gasteiger partial charge >= 0.3 is 5.69 Å². The van der Waals surface area contributed by atoms with Crippen LogP contribution in [0, 0.1) is 5.92 Å². The summed E-state index contributed by atoms with van der Waals surface area (Å²) in [6, 6.07) is 0.263. The number of halogens is 1. The molecule has 0 amide bonds. The molecule has 0 aromatic carbocycles. The van der Waals surface area contributed by atoms with E-state index >= 15 is 0 Å². The molecule has 1 aliphatic carbocycles. The minimum absolute atomic E-state index is 0.158. The van der Waals surface area contributed by atoms with Crippen LogP contribution in [-0.4, -0.2) is 38.6 Å². The van der Waals surface area contributed by atoms with Gasteiger partial charge in [0.1, 0.15) is 6.17 Å². The third-order valence-electron chi connectivity index (χ3n) is 3.16. The normalized spacial score (nSPS) is 32.9. The van der Waals surface area contributed by atoms with Gasteiger partial charge in [0.15, 0.2) is 0 Å². The summed E-state index contributed by atoms with van der Waals surface area (Å²) in [6.07, 6.45) is -1.56. The molecule has 94 valence electrons. The van der Waals surface area contributed by atoms with Crippen LogP contribution in [0.1, 0.15) is 12.5 Å². The molecular weight excluding hydrogens is 231 g/mol. The van der Waals surface area contributed by atoms with Gasteiger partial charge in [0.05, 0.1) is 12.1 Å². The number of aromatic nitrogens is 2. The maximum absolute atomic E-state index is 13.8. The lowest BCUT2D eigenvalue weighted by atomic mass is 10.1. The monoisotopic (exact) mass is 244 g/mol. The highest BCUT2D eigenvalue weighted by atomic mass is 19.1. The standard InChI is InChI=1S/C10H13FN2O4/c11-8-6(3-5(4-14)9(8)16)13-2-1-7(15)12-10(13)17/h1-2,5-6,8-9,14,16H,3-4H2,(H,12,15,17)/t5-,6-,8-,9+/m1/s1. The number of rotatable bonds is 2. The van der Waals surface area contributed by atoms with Crippen molar-refractivity contribution in [3.8, 4) is 0 Å². The molecule has 1 saturated carbocycles. The Morgan fingerprint density at radius 2 is 2.24 bits per heavy atom. The quantitative estimate of drug-likeness (QED) is 0.608. The molecule has 17 heavy (non-hydrogen) atoms. The van der Waals surface area contributed by atoms with E-state index in [2.05, 4.69) is 0 Å². The molecule has 0 saturated heterocycles. The summed E-state index contributed by atoms with van der Waals surface area (Å²) in [7, 11) is 0.